The Kier molecular flexibility index (Phi) is 2.33. The molecule has 3 N–H and O–H groups in total. The molecule has 0 saturated carbocycles. The number of nitrogen functional groups attached to an aromatic ring is 1. The number of carboxylic acid groups (broad SMARTS) is 1. The molecule has 0 amide bonds. The molecular formula is C9H11NO2. The van der Waals surface area contributed by atoms with E-state index in [0.29, 0.717) is 11.3 Å². The van der Waals surface area contributed by atoms with E-state index in [0.717, 1.165) is 0 Å². The van der Waals surface area contributed by atoms with Gasteiger partial charge in [-0.1, -0.05) is 18.2 Å². The molecule has 0 heterocycles. The zero-order valence-corrected chi connectivity index (χ0v) is 6.82. The van der Waals surface area contributed by atoms with Crippen LogP contribution in [0.4, 0.5) is 5.69 Å². The van der Waals surface area contributed by atoms with Crippen LogP contribution in [0.25, 0.3) is 0 Å². The highest BCUT2D eigenvalue weighted by molar-refractivity contribution is 5.77. The number of benzene rings is 1. The van der Waals surface area contributed by atoms with Crippen molar-refractivity contribution in [3.63, 3.8) is 0 Å². The van der Waals surface area contributed by atoms with E-state index >= 15 is 0 Å². The molecule has 0 bridgehead atoms. The molecule has 0 aliphatic carbocycles. The Morgan fingerprint density at radius 2 is 2.08 bits per heavy atom. The van der Waals surface area contributed by atoms with Gasteiger partial charge in [0.2, 0.25) is 0 Å². The third-order valence-electron chi connectivity index (χ3n) is 1.83. The summed E-state index contributed by atoms with van der Waals surface area (Å²) in [6.07, 6.45) is 0. The summed E-state index contributed by atoms with van der Waals surface area (Å²) in [5.74, 6) is -1.39. The van der Waals surface area contributed by atoms with Crippen molar-refractivity contribution in [1.29, 1.82) is 0 Å². The summed E-state index contributed by atoms with van der Waals surface area (Å²) < 4.78 is 0. The Morgan fingerprint density at radius 1 is 1.50 bits per heavy atom. The predicted octanol–water partition coefficient (Wildman–Crippen LogP) is 1.46. The molecule has 0 fully saturated rings. The maximum absolute atomic E-state index is 10.6. The van der Waals surface area contributed by atoms with Crippen LogP contribution >= 0.6 is 0 Å². The SMILES string of the molecule is CC(C(=O)O)c1ccccc1N. The van der Waals surface area contributed by atoms with Crippen LogP contribution in [0.15, 0.2) is 24.3 Å². The van der Waals surface area contributed by atoms with Crippen molar-refractivity contribution >= 4 is 11.7 Å². The lowest BCUT2D eigenvalue weighted by atomic mass is 10.00. The van der Waals surface area contributed by atoms with Crippen molar-refractivity contribution in [3.05, 3.63) is 29.8 Å². The lowest BCUT2D eigenvalue weighted by Gasteiger charge is -2.08. The van der Waals surface area contributed by atoms with E-state index in [-0.39, 0.29) is 0 Å². The molecule has 1 unspecified atom stereocenters. The number of carboxylic acids is 1. The minimum absolute atomic E-state index is 0.535. The summed E-state index contributed by atoms with van der Waals surface area (Å²) in [5.41, 5.74) is 6.80. The van der Waals surface area contributed by atoms with Gasteiger partial charge >= 0.3 is 5.97 Å². The molecule has 0 aromatic heterocycles. The molecule has 3 nitrogen and oxygen atoms in total. The zero-order valence-electron chi connectivity index (χ0n) is 6.82. The number of hydrogen-bond acceptors (Lipinski definition) is 2. The molecule has 0 saturated heterocycles. The maximum atomic E-state index is 10.6. The molecule has 1 aromatic carbocycles. The van der Waals surface area contributed by atoms with E-state index < -0.39 is 11.9 Å². The van der Waals surface area contributed by atoms with E-state index in [1.165, 1.54) is 0 Å². The second-order valence-corrected chi connectivity index (χ2v) is 2.69. The van der Waals surface area contributed by atoms with Gasteiger partial charge < -0.3 is 10.8 Å². The Hall–Kier alpha value is -1.51. The van der Waals surface area contributed by atoms with E-state index in [1.54, 1.807) is 31.2 Å². The molecular weight excluding hydrogens is 154 g/mol. The van der Waals surface area contributed by atoms with Crippen molar-refractivity contribution in [3.8, 4) is 0 Å². The van der Waals surface area contributed by atoms with Gasteiger partial charge in [-0.05, 0) is 18.6 Å². The molecule has 1 rings (SSSR count). The highest BCUT2D eigenvalue weighted by Crippen LogP contribution is 2.21. The fourth-order valence-corrected chi connectivity index (χ4v) is 1.04. The van der Waals surface area contributed by atoms with Crippen LogP contribution in [0.3, 0.4) is 0 Å². The summed E-state index contributed by atoms with van der Waals surface area (Å²) in [5, 5.41) is 8.70. The smallest absolute Gasteiger partial charge is 0.310 e. The third kappa shape index (κ3) is 1.56. The largest absolute Gasteiger partial charge is 0.481 e. The van der Waals surface area contributed by atoms with Crippen LogP contribution in [0.2, 0.25) is 0 Å². The summed E-state index contributed by atoms with van der Waals surface area (Å²) in [6.45, 7) is 1.62. The first-order valence-electron chi connectivity index (χ1n) is 3.70. The first kappa shape index (κ1) is 8.59. The van der Waals surface area contributed by atoms with Crippen LogP contribution in [0.1, 0.15) is 18.4 Å². The minimum atomic E-state index is -0.854. The van der Waals surface area contributed by atoms with Gasteiger partial charge in [0.05, 0.1) is 5.92 Å². The van der Waals surface area contributed by atoms with Crippen molar-refractivity contribution in [1.82, 2.24) is 0 Å². The summed E-state index contributed by atoms with van der Waals surface area (Å²) in [6, 6.07) is 7.00. The van der Waals surface area contributed by atoms with Crippen molar-refractivity contribution < 1.29 is 9.90 Å². The fraction of sp³-hybridized carbons (Fsp3) is 0.222. The molecule has 12 heavy (non-hydrogen) atoms. The minimum Gasteiger partial charge on any atom is -0.481 e. The normalized spacial score (nSPS) is 12.4. The van der Waals surface area contributed by atoms with Gasteiger partial charge in [-0.2, -0.15) is 0 Å². The fourth-order valence-electron chi connectivity index (χ4n) is 1.04. The third-order valence-corrected chi connectivity index (χ3v) is 1.83. The number of para-hydroxylation sites is 1. The molecule has 3 heteroatoms. The van der Waals surface area contributed by atoms with E-state index in [9.17, 15) is 4.79 Å². The van der Waals surface area contributed by atoms with Crippen LogP contribution < -0.4 is 5.73 Å². The van der Waals surface area contributed by atoms with Gasteiger partial charge in [-0.25, -0.2) is 0 Å². The second-order valence-electron chi connectivity index (χ2n) is 2.69. The van der Waals surface area contributed by atoms with Gasteiger partial charge in [-0.15, -0.1) is 0 Å². The molecule has 1 aromatic rings. The van der Waals surface area contributed by atoms with Crippen molar-refractivity contribution in [2.75, 3.05) is 5.73 Å². The Bertz CT molecular complexity index is 296. The molecule has 0 aliphatic rings. The predicted molar refractivity (Wildman–Crippen MR) is 46.9 cm³/mol. The number of anilines is 1. The van der Waals surface area contributed by atoms with Gasteiger partial charge in [0, 0.05) is 5.69 Å². The summed E-state index contributed by atoms with van der Waals surface area (Å²) >= 11 is 0. The standard InChI is InChI=1S/C9H11NO2/c1-6(9(11)12)7-4-2-3-5-8(7)10/h2-6H,10H2,1H3,(H,11,12). The topological polar surface area (TPSA) is 63.3 Å². The summed E-state index contributed by atoms with van der Waals surface area (Å²) in [4.78, 5) is 10.6. The number of aliphatic carboxylic acids is 1. The average Bonchev–Trinajstić information content (AvgIpc) is 2.04. The van der Waals surface area contributed by atoms with Gasteiger partial charge in [0.1, 0.15) is 0 Å². The average molecular weight is 165 g/mol. The number of nitrogens with two attached hydrogens (primary N) is 1. The van der Waals surface area contributed by atoms with E-state index in [4.69, 9.17) is 10.8 Å². The van der Waals surface area contributed by atoms with Gasteiger partial charge in [0.15, 0.2) is 0 Å². The van der Waals surface area contributed by atoms with E-state index in [1.807, 2.05) is 0 Å². The number of carbonyl (C=O) groups is 1. The van der Waals surface area contributed by atoms with Crippen LogP contribution in [-0.4, -0.2) is 11.1 Å². The first-order chi connectivity index (χ1) is 5.63. The highest BCUT2D eigenvalue weighted by Gasteiger charge is 2.15. The van der Waals surface area contributed by atoms with Crippen molar-refractivity contribution in [2.24, 2.45) is 0 Å². The molecule has 0 radical (unpaired) electrons. The Morgan fingerprint density at radius 3 is 2.58 bits per heavy atom. The lowest BCUT2D eigenvalue weighted by molar-refractivity contribution is -0.138. The zero-order chi connectivity index (χ0) is 9.14. The van der Waals surface area contributed by atoms with E-state index in [2.05, 4.69) is 0 Å². The monoisotopic (exact) mass is 165 g/mol. The number of rotatable bonds is 2. The number of hydrogen-bond donors (Lipinski definition) is 2. The Balaban J connectivity index is 3.02. The maximum Gasteiger partial charge on any atom is 0.310 e. The molecule has 64 valence electrons. The van der Waals surface area contributed by atoms with Crippen LogP contribution in [-0.2, 0) is 4.79 Å². The molecule has 1 atom stereocenters. The second kappa shape index (κ2) is 3.26. The Labute approximate surface area is 70.8 Å². The summed E-state index contributed by atoms with van der Waals surface area (Å²) in [7, 11) is 0. The van der Waals surface area contributed by atoms with Crippen molar-refractivity contribution in [2.45, 2.75) is 12.8 Å². The molecule has 0 aliphatic heterocycles. The first-order valence-corrected chi connectivity index (χ1v) is 3.70. The highest BCUT2D eigenvalue weighted by atomic mass is 16.4. The quantitative estimate of drug-likeness (QED) is 0.652. The van der Waals surface area contributed by atoms with Gasteiger partial charge in [0.25, 0.3) is 0 Å². The molecule has 0 spiro atoms. The van der Waals surface area contributed by atoms with Crippen LogP contribution in [0, 0.1) is 0 Å². The lowest BCUT2D eigenvalue weighted by Crippen LogP contribution is -2.09. The van der Waals surface area contributed by atoms with Crippen LogP contribution in [0.5, 0.6) is 0 Å². The van der Waals surface area contributed by atoms with Gasteiger partial charge in [-0.3, -0.25) is 4.79 Å².